The molecular weight excluding hydrogens is 256 g/mol. The Labute approximate surface area is 118 Å². The van der Waals surface area contributed by atoms with Crippen molar-refractivity contribution in [3.8, 4) is 0 Å². The molecule has 5 heteroatoms. The van der Waals surface area contributed by atoms with E-state index in [9.17, 15) is 14.8 Å². The lowest BCUT2D eigenvalue weighted by Gasteiger charge is -2.32. The van der Waals surface area contributed by atoms with Gasteiger partial charge in [-0.25, -0.2) is 5.06 Å². The van der Waals surface area contributed by atoms with Crippen LogP contribution in [0.4, 0.5) is 0 Å². The SMILES string of the molecule is O=CN(O)C(Cc1ccccc1)C(=O)N1CCCCC1. The summed E-state index contributed by atoms with van der Waals surface area (Å²) in [7, 11) is 0. The largest absolute Gasteiger partial charge is 0.341 e. The van der Waals surface area contributed by atoms with E-state index in [0.29, 0.717) is 31.0 Å². The highest BCUT2D eigenvalue weighted by molar-refractivity contribution is 5.83. The predicted octanol–water partition coefficient (Wildman–Crippen LogP) is 1.46. The van der Waals surface area contributed by atoms with Crippen LogP contribution in [0.25, 0.3) is 0 Å². The molecule has 1 saturated heterocycles. The Kier molecular flexibility index (Phi) is 5.12. The van der Waals surface area contributed by atoms with Crippen LogP contribution in [0.15, 0.2) is 30.3 Å². The second-order valence-corrected chi connectivity index (χ2v) is 5.08. The lowest BCUT2D eigenvalue weighted by molar-refractivity contribution is -0.172. The Morgan fingerprint density at radius 2 is 1.90 bits per heavy atom. The molecule has 0 saturated carbocycles. The molecule has 1 heterocycles. The van der Waals surface area contributed by atoms with Gasteiger partial charge in [-0.2, -0.15) is 0 Å². The smallest absolute Gasteiger partial charge is 0.248 e. The number of carbonyl (C=O) groups is 2. The van der Waals surface area contributed by atoms with E-state index in [1.165, 1.54) is 0 Å². The minimum atomic E-state index is -0.840. The fourth-order valence-electron chi connectivity index (χ4n) is 2.53. The van der Waals surface area contributed by atoms with Crippen molar-refractivity contribution in [1.29, 1.82) is 0 Å². The first-order valence-corrected chi connectivity index (χ1v) is 6.97. The Morgan fingerprint density at radius 1 is 1.25 bits per heavy atom. The van der Waals surface area contributed by atoms with Gasteiger partial charge in [0.1, 0.15) is 6.04 Å². The molecule has 1 N–H and O–H groups in total. The lowest BCUT2D eigenvalue weighted by Crippen LogP contribution is -2.49. The Hall–Kier alpha value is -1.88. The summed E-state index contributed by atoms with van der Waals surface area (Å²) in [6.07, 6.45) is 3.72. The van der Waals surface area contributed by atoms with Crippen molar-refractivity contribution < 1.29 is 14.8 Å². The lowest BCUT2D eigenvalue weighted by atomic mass is 10.0. The molecule has 2 rings (SSSR count). The third-order valence-corrected chi connectivity index (χ3v) is 3.65. The van der Waals surface area contributed by atoms with Gasteiger partial charge >= 0.3 is 0 Å². The summed E-state index contributed by atoms with van der Waals surface area (Å²) in [5.74, 6) is -0.178. The first-order chi connectivity index (χ1) is 9.72. The summed E-state index contributed by atoms with van der Waals surface area (Å²) >= 11 is 0. The number of nitrogens with zero attached hydrogens (tertiary/aromatic N) is 2. The first kappa shape index (κ1) is 14.5. The zero-order valence-corrected chi connectivity index (χ0v) is 11.4. The van der Waals surface area contributed by atoms with E-state index >= 15 is 0 Å². The summed E-state index contributed by atoms with van der Waals surface area (Å²) in [6.45, 7) is 1.41. The highest BCUT2D eigenvalue weighted by Gasteiger charge is 2.29. The molecule has 1 aromatic carbocycles. The van der Waals surface area contributed by atoms with Crippen molar-refractivity contribution in [3.63, 3.8) is 0 Å². The van der Waals surface area contributed by atoms with Crippen LogP contribution in [0.1, 0.15) is 24.8 Å². The van der Waals surface area contributed by atoms with Gasteiger partial charge in [0.25, 0.3) is 0 Å². The molecule has 2 amide bonds. The third kappa shape index (κ3) is 3.57. The van der Waals surface area contributed by atoms with Gasteiger partial charge < -0.3 is 4.90 Å². The zero-order chi connectivity index (χ0) is 14.4. The molecule has 20 heavy (non-hydrogen) atoms. The summed E-state index contributed by atoms with van der Waals surface area (Å²) in [5, 5.41) is 10.2. The molecule has 5 nitrogen and oxygen atoms in total. The molecule has 0 bridgehead atoms. The number of amides is 2. The predicted molar refractivity (Wildman–Crippen MR) is 74.1 cm³/mol. The van der Waals surface area contributed by atoms with Crippen LogP contribution >= 0.6 is 0 Å². The zero-order valence-electron chi connectivity index (χ0n) is 11.4. The molecule has 1 fully saturated rings. The molecule has 108 valence electrons. The summed E-state index contributed by atoms with van der Waals surface area (Å²) < 4.78 is 0. The van der Waals surface area contributed by atoms with E-state index in [1.807, 2.05) is 30.3 Å². The second kappa shape index (κ2) is 7.05. The number of hydrogen-bond acceptors (Lipinski definition) is 3. The van der Waals surface area contributed by atoms with Gasteiger partial charge in [-0.1, -0.05) is 30.3 Å². The number of hydroxylamine groups is 2. The van der Waals surface area contributed by atoms with Crippen LogP contribution in [-0.2, 0) is 16.0 Å². The molecule has 1 aliphatic heterocycles. The molecule has 0 aliphatic carbocycles. The van der Waals surface area contributed by atoms with Gasteiger partial charge in [0.05, 0.1) is 0 Å². The fraction of sp³-hybridized carbons (Fsp3) is 0.467. The van der Waals surface area contributed by atoms with Crippen LogP contribution in [0.3, 0.4) is 0 Å². The van der Waals surface area contributed by atoms with Crippen LogP contribution in [-0.4, -0.2) is 46.6 Å². The van der Waals surface area contributed by atoms with Crippen LogP contribution in [0.5, 0.6) is 0 Å². The van der Waals surface area contributed by atoms with E-state index in [-0.39, 0.29) is 5.91 Å². The molecule has 0 spiro atoms. The highest BCUT2D eigenvalue weighted by atomic mass is 16.5. The molecule has 1 unspecified atom stereocenters. The van der Waals surface area contributed by atoms with Crippen LogP contribution < -0.4 is 0 Å². The monoisotopic (exact) mass is 276 g/mol. The van der Waals surface area contributed by atoms with Gasteiger partial charge in [0.2, 0.25) is 12.3 Å². The van der Waals surface area contributed by atoms with E-state index in [4.69, 9.17) is 0 Å². The maximum atomic E-state index is 12.5. The minimum absolute atomic E-state index is 0.178. The third-order valence-electron chi connectivity index (χ3n) is 3.65. The maximum Gasteiger partial charge on any atom is 0.248 e. The van der Waals surface area contributed by atoms with Crippen molar-refractivity contribution in [2.75, 3.05) is 13.1 Å². The molecule has 1 aromatic rings. The first-order valence-electron chi connectivity index (χ1n) is 6.97. The number of piperidine rings is 1. The normalized spacial score (nSPS) is 16.6. The minimum Gasteiger partial charge on any atom is -0.341 e. The van der Waals surface area contributed by atoms with Gasteiger partial charge in [0.15, 0.2) is 0 Å². The number of benzene rings is 1. The van der Waals surface area contributed by atoms with E-state index < -0.39 is 6.04 Å². The Morgan fingerprint density at radius 3 is 2.50 bits per heavy atom. The summed E-state index contributed by atoms with van der Waals surface area (Å²) in [4.78, 5) is 25.0. The second-order valence-electron chi connectivity index (χ2n) is 5.08. The van der Waals surface area contributed by atoms with Gasteiger partial charge in [0, 0.05) is 19.5 Å². The van der Waals surface area contributed by atoms with Crippen LogP contribution in [0.2, 0.25) is 0 Å². The van der Waals surface area contributed by atoms with Gasteiger partial charge in [-0.05, 0) is 24.8 Å². The topological polar surface area (TPSA) is 60.9 Å². The van der Waals surface area contributed by atoms with Crippen molar-refractivity contribution in [3.05, 3.63) is 35.9 Å². The molecule has 0 aromatic heterocycles. The number of rotatable bonds is 5. The van der Waals surface area contributed by atoms with Crippen molar-refractivity contribution in [1.82, 2.24) is 9.96 Å². The molecule has 0 radical (unpaired) electrons. The van der Waals surface area contributed by atoms with Crippen molar-refractivity contribution >= 4 is 12.3 Å². The van der Waals surface area contributed by atoms with Gasteiger partial charge in [-0.15, -0.1) is 0 Å². The Balaban J connectivity index is 2.10. The van der Waals surface area contributed by atoms with Crippen LogP contribution in [0, 0.1) is 0 Å². The highest BCUT2D eigenvalue weighted by Crippen LogP contribution is 2.14. The quantitative estimate of drug-likeness (QED) is 0.503. The van der Waals surface area contributed by atoms with Crippen molar-refractivity contribution in [2.24, 2.45) is 0 Å². The standard InChI is InChI=1S/C15H20N2O3/c18-12-17(20)14(11-13-7-3-1-4-8-13)15(19)16-9-5-2-6-10-16/h1,3-4,7-8,12,14,20H,2,5-6,9-11H2. The Bertz CT molecular complexity index is 444. The fourth-order valence-corrected chi connectivity index (χ4v) is 2.53. The number of carbonyl (C=O) groups excluding carboxylic acids is 2. The van der Waals surface area contributed by atoms with E-state index in [0.717, 1.165) is 24.8 Å². The number of hydrogen-bond donors (Lipinski definition) is 1. The number of likely N-dealkylation sites (tertiary alicyclic amines) is 1. The molecule has 1 atom stereocenters. The maximum absolute atomic E-state index is 12.5. The molecular formula is C15H20N2O3. The summed E-state index contributed by atoms with van der Waals surface area (Å²) in [5.41, 5.74) is 0.920. The average Bonchev–Trinajstić information content (AvgIpc) is 2.53. The summed E-state index contributed by atoms with van der Waals surface area (Å²) in [6, 6.07) is 8.57. The van der Waals surface area contributed by atoms with Crippen molar-refractivity contribution in [2.45, 2.75) is 31.7 Å². The van der Waals surface area contributed by atoms with E-state index in [1.54, 1.807) is 4.90 Å². The average molecular weight is 276 g/mol. The molecule has 1 aliphatic rings. The van der Waals surface area contributed by atoms with E-state index in [2.05, 4.69) is 0 Å². The van der Waals surface area contributed by atoms with Gasteiger partial charge in [-0.3, -0.25) is 14.8 Å².